The number of hydrogen-bond donors (Lipinski definition) is 1. The van der Waals surface area contributed by atoms with Gasteiger partial charge in [-0.15, -0.1) is 0 Å². The van der Waals surface area contributed by atoms with Crippen LogP contribution >= 0.6 is 0 Å². The molecule has 1 aliphatic heterocycles. The highest BCUT2D eigenvalue weighted by atomic mass is 32.2. The molecule has 1 heterocycles. The van der Waals surface area contributed by atoms with Crippen molar-refractivity contribution in [1.29, 1.82) is 0 Å². The summed E-state index contributed by atoms with van der Waals surface area (Å²) < 4.78 is 32.9. The molecule has 0 spiro atoms. The lowest BCUT2D eigenvalue weighted by molar-refractivity contribution is 0.0940. The van der Waals surface area contributed by atoms with Crippen LogP contribution in [-0.4, -0.2) is 51.0 Å². The van der Waals surface area contributed by atoms with E-state index in [1.165, 1.54) is 6.07 Å². The van der Waals surface area contributed by atoms with Crippen molar-refractivity contribution in [2.45, 2.75) is 63.3 Å². The van der Waals surface area contributed by atoms with E-state index in [0.29, 0.717) is 25.3 Å². The highest BCUT2D eigenvalue weighted by Gasteiger charge is 2.31. The third-order valence-corrected chi connectivity index (χ3v) is 6.85. The molecule has 0 aromatic heterocycles. The average molecular weight is 397 g/mol. The van der Waals surface area contributed by atoms with Gasteiger partial charge in [0, 0.05) is 37.9 Å². The molecule has 0 aliphatic carbocycles. The third-order valence-electron chi connectivity index (χ3n) is 4.84. The molecule has 152 valence electrons. The molecule has 1 aliphatic rings. The van der Waals surface area contributed by atoms with E-state index >= 15 is 0 Å². The maximum atomic E-state index is 12.9. The zero-order valence-corrected chi connectivity index (χ0v) is 17.3. The van der Waals surface area contributed by atoms with E-state index in [1.807, 2.05) is 6.92 Å². The number of hydrogen-bond acceptors (Lipinski definition) is 4. The maximum absolute atomic E-state index is 12.9. The molecule has 6 nitrogen and oxygen atoms in total. The third kappa shape index (κ3) is 6.30. The second-order valence-electron chi connectivity index (χ2n) is 7.06. The summed E-state index contributed by atoms with van der Waals surface area (Å²) in [5, 5.41) is 2.83. The van der Waals surface area contributed by atoms with Gasteiger partial charge < -0.3 is 10.1 Å². The van der Waals surface area contributed by atoms with E-state index in [-0.39, 0.29) is 16.8 Å². The Bertz CT molecular complexity index is 706. The lowest BCUT2D eigenvalue weighted by atomic mass is 10.1. The molecule has 1 fully saturated rings. The lowest BCUT2D eigenvalue weighted by Crippen LogP contribution is -2.42. The van der Waals surface area contributed by atoms with Crippen LogP contribution in [0.3, 0.4) is 0 Å². The average Bonchev–Trinajstić information content (AvgIpc) is 2.67. The number of rotatable bonds is 10. The van der Waals surface area contributed by atoms with Gasteiger partial charge in [-0.05, 0) is 50.8 Å². The van der Waals surface area contributed by atoms with Crippen LogP contribution in [0.15, 0.2) is 29.2 Å². The Hall–Kier alpha value is -1.44. The number of sulfonamides is 1. The lowest BCUT2D eigenvalue weighted by Gasteiger charge is -2.32. The first-order valence-corrected chi connectivity index (χ1v) is 11.4. The summed E-state index contributed by atoms with van der Waals surface area (Å²) in [5.41, 5.74) is 0.368. The Morgan fingerprint density at radius 2 is 2.04 bits per heavy atom. The van der Waals surface area contributed by atoms with Crippen molar-refractivity contribution in [1.82, 2.24) is 9.62 Å². The highest BCUT2D eigenvalue weighted by Crippen LogP contribution is 2.25. The van der Waals surface area contributed by atoms with E-state index in [0.717, 1.165) is 45.1 Å². The summed E-state index contributed by atoms with van der Waals surface area (Å²) >= 11 is 0. The minimum atomic E-state index is -3.57. The summed E-state index contributed by atoms with van der Waals surface area (Å²) in [6.45, 7) is 6.46. The maximum Gasteiger partial charge on any atom is 0.251 e. The summed E-state index contributed by atoms with van der Waals surface area (Å²) in [4.78, 5) is 12.5. The largest absolute Gasteiger partial charge is 0.381 e. The number of ether oxygens (including phenoxy) is 1. The van der Waals surface area contributed by atoms with E-state index in [9.17, 15) is 13.2 Å². The molecule has 2 rings (SSSR count). The van der Waals surface area contributed by atoms with Crippen molar-refractivity contribution in [3.63, 3.8) is 0 Å². The summed E-state index contributed by atoms with van der Waals surface area (Å²) in [5.74, 6) is -0.257. The normalized spacial score (nSPS) is 18.4. The second-order valence-corrected chi connectivity index (χ2v) is 8.95. The van der Waals surface area contributed by atoms with Gasteiger partial charge in [-0.25, -0.2) is 8.42 Å². The molecule has 0 saturated carbocycles. The molecule has 0 bridgehead atoms. The predicted octanol–water partition coefficient (Wildman–Crippen LogP) is 3.19. The van der Waals surface area contributed by atoms with Crippen LogP contribution < -0.4 is 5.32 Å². The van der Waals surface area contributed by atoms with E-state index < -0.39 is 10.0 Å². The number of nitrogens with zero attached hydrogens (tertiary/aromatic N) is 1. The summed E-state index contributed by atoms with van der Waals surface area (Å²) in [6, 6.07) is 6.31. The van der Waals surface area contributed by atoms with Crippen LogP contribution in [0.5, 0.6) is 0 Å². The Labute approximate surface area is 163 Å². The van der Waals surface area contributed by atoms with Crippen LogP contribution in [0.25, 0.3) is 0 Å². The summed E-state index contributed by atoms with van der Waals surface area (Å²) in [7, 11) is -3.57. The number of carbonyl (C=O) groups excluding carboxylic acids is 1. The van der Waals surface area contributed by atoms with Gasteiger partial charge >= 0.3 is 0 Å². The van der Waals surface area contributed by atoms with E-state index in [2.05, 4.69) is 12.2 Å². The van der Waals surface area contributed by atoms with Gasteiger partial charge in [-0.3, -0.25) is 4.79 Å². The van der Waals surface area contributed by atoms with Crippen molar-refractivity contribution in [3.05, 3.63) is 29.8 Å². The molecule has 1 amide bonds. The molecule has 1 aromatic rings. The SMILES string of the molecule is CCCCOCCCNC(=O)c1cccc(S(=O)(=O)N2CCCCC2C)c1. The zero-order valence-electron chi connectivity index (χ0n) is 16.4. The molecule has 7 heteroatoms. The highest BCUT2D eigenvalue weighted by molar-refractivity contribution is 7.89. The molecule has 1 N–H and O–H groups in total. The quantitative estimate of drug-likeness (QED) is 0.616. The molecular weight excluding hydrogens is 364 g/mol. The summed E-state index contributed by atoms with van der Waals surface area (Å²) in [6.07, 6.45) is 5.69. The minimum absolute atomic E-state index is 0.00561. The number of benzene rings is 1. The smallest absolute Gasteiger partial charge is 0.251 e. The monoisotopic (exact) mass is 396 g/mol. The molecule has 1 aromatic carbocycles. The van der Waals surface area contributed by atoms with Crippen LogP contribution in [-0.2, 0) is 14.8 Å². The molecule has 1 saturated heterocycles. The van der Waals surface area contributed by atoms with Gasteiger partial charge in [0.25, 0.3) is 5.91 Å². The van der Waals surface area contributed by atoms with Gasteiger partial charge in [-0.2, -0.15) is 4.31 Å². The van der Waals surface area contributed by atoms with Crippen molar-refractivity contribution in [3.8, 4) is 0 Å². The fraction of sp³-hybridized carbons (Fsp3) is 0.650. The molecule has 0 radical (unpaired) electrons. The number of piperidine rings is 1. The Balaban J connectivity index is 1.93. The molecule has 1 unspecified atom stereocenters. The molecule has 1 atom stereocenters. The first kappa shape index (κ1) is 21.9. The Morgan fingerprint density at radius 3 is 2.78 bits per heavy atom. The Morgan fingerprint density at radius 1 is 1.26 bits per heavy atom. The minimum Gasteiger partial charge on any atom is -0.381 e. The van der Waals surface area contributed by atoms with Gasteiger partial charge in [0.2, 0.25) is 10.0 Å². The zero-order chi connectivity index (χ0) is 19.7. The van der Waals surface area contributed by atoms with E-state index in [1.54, 1.807) is 22.5 Å². The van der Waals surface area contributed by atoms with Crippen molar-refractivity contribution < 1.29 is 17.9 Å². The Kier molecular flexibility index (Phi) is 8.73. The van der Waals surface area contributed by atoms with Crippen LogP contribution in [0.2, 0.25) is 0 Å². The number of nitrogens with one attached hydrogen (secondary N) is 1. The fourth-order valence-electron chi connectivity index (χ4n) is 3.19. The van der Waals surface area contributed by atoms with Crippen molar-refractivity contribution in [2.24, 2.45) is 0 Å². The van der Waals surface area contributed by atoms with Crippen LogP contribution in [0.4, 0.5) is 0 Å². The fourth-order valence-corrected chi connectivity index (χ4v) is 4.93. The van der Waals surface area contributed by atoms with Gasteiger partial charge in [0.1, 0.15) is 0 Å². The van der Waals surface area contributed by atoms with Crippen molar-refractivity contribution >= 4 is 15.9 Å². The topological polar surface area (TPSA) is 75.7 Å². The van der Waals surface area contributed by atoms with Crippen LogP contribution in [0, 0.1) is 0 Å². The van der Waals surface area contributed by atoms with Gasteiger partial charge in [0.15, 0.2) is 0 Å². The van der Waals surface area contributed by atoms with Gasteiger partial charge in [-0.1, -0.05) is 25.8 Å². The van der Waals surface area contributed by atoms with E-state index in [4.69, 9.17) is 4.74 Å². The number of carbonyl (C=O) groups is 1. The van der Waals surface area contributed by atoms with Gasteiger partial charge in [0.05, 0.1) is 4.90 Å². The standard InChI is InChI=1S/C20H32N2O4S/c1-3-4-14-26-15-8-12-21-20(23)18-10-7-11-19(16-18)27(24,25)22-13-6-5-9-17(22)2/h7,10-11,16-17H,3-6,8-9,12-15H2,1-2H3,(H,21,23). The first-order chi connectivity index (χ1) is 13.0. The predicted molar refractivity (Wildman–Crippen MR) is 106 cm³/mol. The molecule has 27 heavy (non-hydrogen) atoms. The second kappa shape index (κ2) is 10.8. The number of amides is 1. The molecular formula is C20H32N2O4S. The first-order valence-electron chi connectivity index (χ1n) is 9.94. The van der Waals surface area contributed by atoms with Crippen molar-refractivity contribution in [2.75, 3.05) is 26.3 Å². The number of unbranched alkanes of at least 4 members (excludes halogenated alkanes) is 1. The van der Waals surface area contributed by atoms with Crippen LogP contribution in [0.1, 0.15) is 62.7 Å².